The highest BCUT2D eigenvalue weighted by molar-refractivity contribution is 6.36. The Morgan fingerprint density at radius 2 is 2.24 bits per heavy atom. The van der Waals surface area contributed by atoms with Crippen molar-refractivity contribution in [2.24, 2.45) is 21.7 Å². The Balaban J connectivity index is 3.07. The Kier molecular flexibility index (Phi) is 4.56. The van der Waals surface area contributed by atoms with Gasteiger partial charge in [0.1, 0.15) is 5.71 Å². The van der Waals surface area contributed by atoms with Crippen molar-refractivity contribution < 1.29 is 0 Å². The van der Waals surface area contributed by atoms with E-state index < -0.39 is 0 Å². The minimum Gasteiger partial charge on any atom is -0.404 e. The normalized spacial score (nSPS) is 13.0. The van der Waals surface area contributed by atoms with Gasteiger partial charge < -0.3 is 17.0 Å². The summed E-state index contributed by atoms with van der Waals surface area (Å²) in [7, 11) is 1.67. The lowest BCUT2D eigenvalue weighted by Crippen LogP contribution is -2.07. The quantitative estimate of drug-likeness (QED) is 0.395. The molecule has 5 N–H and O–H groups in total. The fourth-order valence-corrected chi connectivity index (χ4v) is 1.25. The number of nitrogens with one attached hydrogen (secondary N) is 1. The summed E-state index contributed by atoms with van der Waals surface area (Å²) >= 11 is 0. The number of nitrogens with zero attached hydrogens (tertiary/aromatic N) is 3. The summed E-state index contributed by atoms with van der Waals surface area (Å²) in [6.45, 7) is 0. The number of allylic oxidation sites excluding steroid dienone is 1. The first-order valence-electron chi connectivity index (χ1n) is 4.86. The van der Waals surface area contributed by atoms with Crippen LogP contribution in [-0.4, -0.2) is 30.2 Å². The highest BCUT2D eigenvalue weighted by Crippen LogP contribution is 2.10. The average molecular weight is 230 g/mol. The minimum atomic E-state index is 0.319. The van der Waals surface area contributed by atoms with Crippen molar-refractivity contribution in [2.75, 3.05) is 7.05 Å². The molecule has 0 saturated heterocycles. The van der Waals surface area contributed by atoms with Gasteiger partial charge in [0.05, 0.1) is 5.69 Å². The van der Waals surface area contributed by atoms with Crippen LogP contribution in [0.4, 0.5) is 0 Å². The minimum absolute atomic E-state index is 0.319. The van der Waals surface area contributed by atoms with Crippen LogP contribution in [0.5, 0.6) is 0 Å². The molecular weight excluding hydrogens is 216 g/mol. The summed E-state index contributed by atoms with van der Waals surface area (Å²) in [5.41, 5.74) is 7.94. The Morgan fingerprint density at radius 3 is 2.65 bits per heavy atom. The molecule has 0 aliphatic heterocycles. The summed E-state index contributed by atoms with van der Waals surface area (Å²) in [4.78, 5) is 8.04. The smallest absolute Gasteiger partial charge is 0.126 e. The zero-order chi connectivity index (χ0) is 12.7. The van der Waals surface area contributed by atoms with Gasteiger partial charge in [-0.3, -0.25) is 9.98 Å². The van der Waals surface area contributed by atoms with Gasteiger partial charge in [-0.25, -0.2) is 0 Å². The van der Waals surface area contributed by atoms with E-state index in [0.717, 1.165) is 17.4 Å². The first kappa shape index (κ1) is 12.6. The van der Waals surface area contributed by atoms with Crippen molar-refractivity contribution in [1.82, 2.24) is 4.98 Å². The van der Waals surface area contributed by atoms with Crippen LogP contribution in [0.3, 0.4) is 0 Å². The number of rotatable bonds is 4. The van der Waals surface area contributed by atoms with E-state index in [9.17, 15) is 0 Å². The molecule has 0 amide bonds. The van der Waals surface area contributed by atoms with Crippen LogP contribution in [0, 0.1) is 5.41 Å². The van der Waals surface area contributed by atoms with Crippen LogP contribution in [0.25, 0.3) is 5.57 Å². The Morgan fingerprint density at radius 1 is 1.47 bits per heavy atom. The van der Waals surface area contributed by atoms with Crippen LogP contribution >= 0.6 is 0 Å². The predicted molar refractivity (Wildman–Crippen MR) is 70.3 cm³/mol. The molecule has 0 saturated carbocycles. The van der Waals surface area contributed by atoms with Crippen molar-refractivity contribution in [1.29, 1.82) is 5.41 Å². The van der Waals surface area contributed by atoms with Gasteiger partial charge in [-0.1, -0.05) is 6.07 Å². The number of aliphatic imine (C=N–C) groups is 1. The summed E-state index contributed by atoms with van der Waals surface area (Å²) < 4.78 is 0. The fraction of sp³-hybridized carbons (Fsp3) is 0.0909. The van der Waals surface area contributed by atoms with Gasteiger partial charge in [0.2, 0.25) is 0 Å². The van der Waals surface area contributed by atoms with Gasteiger partial charge in [-0.2, -0.15) is 5.10 Å². The van der Waals surface area contributed by atoms with Crippen LogP contribution in [0.1, 0.15) is 11.3 Å². The fourth-order valence-electron chi connectivity index (χ4n) is 1.25. The third-order valence-corrected chi connectivity index (χ3v) is 2.08. The highest BCUT2D eigenvalue weighted by atomic mass is 15.1. The number of hydrogen-bond donors (Lipinski definition) is 3. The Hall–Kier alpha value is -2.50. The van der Waals surface area contributed by atoms with E-state index in [1.54, 1.807) is 25.5 Å². The van der Waals surface area contributed by atoms with E-state index in [-0.39, 0.29) is 0 Å². The third kappa shape index (κ3) is 2.97. The van der Waals surface area contributed by atoms with Crippen molar-refractivity contribution in [2.45, 2.75) is 0 Å². The maximum absolute atomic E-state index is 7.11. The standard InChI is InChI=1S/C11H14N6/c1-15-6-9(4-12)8-2-3-10(16-7-8)11(5-13)17-14/h2-7,13H,12,14H2,1H3/b9-4+,13-5?,15-6?,17-11-. The van der Waals surface area contributed by atoms with E-state index in [1.165, 1.54) is 6.20 Å². The van der Waals surface area contributed by atoms with Gasteiger partial charge in [0, 0.05) is 43.0 Å². The van der Waals surface area contributed by atoms with Gasteiger partial charge in [-0.15, -0.1) is 0 Å². The van der Waals surface area contributed by atoms with Crippen molar-refractivity contribution >= 4 is 23.7 Å². The van der Waals surface area contributed by atoms with Gasteiger partial charge in [-0.05, 0) is 6.07 Å². The highest BCUT2D eigenvalue weighted by Gasteiger charge is 2.03. The maximum atomic E-state index is 7.11. The van der Waals surface area contributed by atoms with Gasteiger partial charge >= 0.3 is 0 Å². The summed E-state index contributed by atoms with van der Waals surface area (Å²) in [5, 5.41) is 10.6. The number of aromatic nitrogens is 1. The van der Waals surface area contributed by atoms with E-state index in [2.05, 4.69) is 15.1 Å². The molecule has 0 aliphatic carbocycles. The number of hydrogen-bond acceptors (Lipinski definition) is 6. The van der Waals surface area contributed by atoms with Crippen LogP contribution < -0.4 is 11.6 Å². The molecule has 1 aromatic heterocycles. The Bertz CT molecular complexity index is 469. The molecule has 1 rings (SSSR count). The molecule has 0 atom stereocenters. The molecule has 0 bridgehead atoms. The number of hydrazone groups is 1. The van der Waals surface area contributed by atoms with E-state index >= 15 is 0 Å². The average Bonchev–Trinajstić information content (AvgIpc) is 2.38. The first-order chi connectivity index (χ1) is 8.26. The molecule has 0 unspecified atom stereocenters. The molecule has 0 radical (unpaired) electrons. The molecule has 0 aromatic carbocycles. The van der Waals surface area contributed by atoms with Crippen LogP contribution in [-0.2, 0) is 0 Å². The molecule has 0 spiro atoms. The van der Waals surface area contributed by atoms with E-state index in [1.807, 2.05) is 6.07 Å². The van der Waals surface area contributed by atoms with Crippen molar-refractivity contribution in [3.8, 4) is 0 Å². The molecule has 17 heavy (non-hydrogen) atoms. The molecule has 1 heterocycles. The topological polar surface area (TPSA) is 114 Å². The molecule has 0 aliphatic rings. The second-order valence-electron chi connectivity index (χ2n) is 3.10. The summed E-state index contributed by atoms with van der Waals surface area (Å²) in [5.74, 6) is 5.13. The van der Waals surface area contributed by atoms with Crippen molar-refractivity contribution in [3.05, 3.63) is 35.8 Å². The molecule has 6 nitrogen and oxygen atoms in total. The van der Waals surface area contributed by atoms with E-state index in [4.69, 9.17) is 17.0 Å². The zero-order valence-electron chi connectivity index (χ0n) is 9.46. The lowest BCUT2D eigenvalue weighted by atomic mass is 10.1. The molecule has 1 aromatic rings. The van der Waals surface area contributed by atoms with Crippen LogP contribution in [0.15, 0.2) is 34.6 Å². The Labute approximate surface area is 99.3 Å². The predicted octanol–water partition coefficient (Wildman–Crippen LogP) is 0.394. The summed E-state index contributed by atoms with van der Waals surface area (Å²) in [6, 6.07) is 3.54. The lowest BCUT2D eigenvalue weighted by molar-refractivity contribution is 1.22. The SMILES string of the molecule is CN=C/C(=C\N)c1ccc(/C(C=N)=N\N)nc1. The zero-order valence-corrected chi connectivity index (χ0v) is 9.46. The maximum Gasteiger partial charge on any atom is 0.126 e. The molecule has 6 heteroatoms. The van der Waals surface area contributed by atoms with Gasteiger partial charge in [0.25, 0.3) is 0 Å². The second-order valence-corrected chi connectivity index (χ2v) is 3.10. The van der Waals surface area contributed by atoms with Crippen LogP contribution in [0.2, 0.25) is 0 Å². The molecule has 88 valence electrons. The number of nitrogens with two attached hydrogens (primary N) is 2. The van der Waals surface area contributed by atoms with Crippen molar-refractivity contribution in [3.63, 3.8) is 0 Å². The second kappa shape index (κ2) is 6.16. The van der Waals surface area contributed by atoms with Gasteiger partial charge in [0.15, 0.2) is 0 Å². The third-order valence-electron chi connectivity index (χ3n) is 2.08. The molecular formula is C11H14N6. The largest absolute Gasteiger partial charge is 0.404 e. The summed E-state index contributed by atoms with van der Waals surface area (Å²) in [6.07, 6.45) is 5.78. The number of pyridine rings is 1. The lowest BCUT2D eigenvalue weighted by Gasteiger charge is -2.02. The molecule has 0 fully saturated rings. The monoisotopic (exact) mass is 230 g/mol. The first-order valence-corrected chi connectivity index (χ1v) is 4.86. The van der Waals surface area contributed by atoms with E-state index in [0.29, 0.717) is 11.4 Å².